The molecule has 27 heavy (non-hydrogen) atoms. The lowest BCUT2D eigenvalue weighted by molar-refractivity contribution is 0.102. The van der Waals surface area contributed by atoms with Gasteiger partial charge in [0.15, 0.2) is 0 Å². The highest BCUT2D eigenvalue weighted by atomic mass is 19.1. The summed E-state index contributed by atoms with van der Waals surface area (Å²) in [4.78, 5) is 12.7. The smallest absolute Gasteiger partial charge is 0.259 e. The van der Waals surface area contributed by atoms with Crippen molar-refractivity contribution >= 4 is 11.6 Å². The van der Waals surface area contributed by atoms with E-state index in [2.05, 4.69) is 10.4 Å². The summed E-state index contributed by atoms with van der Waals surface area (Å²) in [5.41, 5.74) is 1.97. The van der Waals surface area contributed by atoms with Crippen LogP contribution < -0.4 is 14.8 Å². The van der Waals surface area contributed by atoms with Crippen LogP contribution in [0.4, 0.5) is 10.1 Å². The molecule has 0 fully saturated rings. The molecule has 0 radical (unpaired) electrons. The number of anilines is 1. The maximum absolute atomic E-state index is 14.0. The van der Waals surface area contributed by atoms with Crippen molar-refractivity contribution in [3.63, 3.8) is 0 Å². The van der Waals surface area contributed by atoms with E-state index in [4.69, 9.17) is 9.47 Å². The van der Waals surface area contributed by atoms with Crippen molar-refractivity contribution in [2.24, 2.45) is 0 Å². The number of nitrogens with zero attached hydrogens (tertiary/aromatic N) is 2. The molecule has 0 aliphatic rings. The highest BCUT2D eigenvalue weighted by molar-refractivity contribution is 6.05. The first kappa shape index (κ1) is 18.4. The third-order valence-corrected chi connectivity index (χ3v) is 4.19. The van der Waals surface area contributed by atoms with Crippen LogP contribution in [-0.4, -0.2) is 29.9 Å². The number of aromatic nitrogens is 2. The number of methoxy groups -OCH3 is 2. The number of halogens is 1. The topological polar surface area (TPSA) is 65.4 Å². The lowest BCUT2D eigenvalue weighted by Gasteiger charge is -2.10. The molecule has 1 aromatic heterocycles. The SMILES string of the molecule is CCc1c(C(=O)Nc2cc(OC)ccc2F)cnn1-c1ccc(OC)cc1. The molecule has 0 unspecified atom stereocenters. The minimum atomic E-state index is -0.537. The predicted molar refractivity (Wildman–Crippen MR) is 100 cm³/mol. The van der Waals surface area contributed by atoms with E-state index in [0.717, 1.165) is 17.1 Å². The normalized spacial score (nSPS) is 10.5. The minimum absolute atomic E-state index is 0.0543. The summed E-state index contributed by atoms with van der Waals surface area (Å²) in [5.74, 6) is 0.218. The second-order valence-corrected chi connectivity index (χ2v) is 5.77. The van der Waals surface area contributed by atoms with E-state index in [0.29, 0.717) is 17.7 Å². The van der Waals surface area contributed by atoms with Crippen LogP contribution in [0, 0.1) is 5.82 Å². The van der Waals surface area contributed by atoms with Crippen LogP contribution in [0.25, 0.3) is 5.69 Å². The van der Waals surface area contributed by atoms with Gasteiger partial charge in [0.1, 0.15) is 17.3 Å². The molecule has 0 saturated carbocycles. The van der Waals surface area contributed by atoms with Crippen molar-refractivity contribution < 1.29 is 18.7 Å². The summed E-state index contributed by atoms with van der Waals surface area (Å²) in [5, 5.41) is 6.92. The van der Waals surface area contributed by atoms with E-state index in [-0.39, 0.29) is 5.69 Å². The predicted octanol–water partition coefficient (Wildman–Crippen LogP) is 3.84. The van der Waals surface area contributed by atoms with Crippen LogP contribution >= 0.6 is 0 Å². The highest BCUT2D eigenvalue weighted by Crippen LogP contribution is 2.23. The fraction of sp³-hybridized carbons (Fsp3) is 0.200. The highest BCUT2D eigenvalue weighted by Gasteiger charge is 2.18. The standard InChI is InChI=1S/C20H20FN3O3/c1-4-19-16(12-22-24(19)13-5-7-14(26-2)8-6-13)20(25)23-18-11-15(27-3)9-10-17(18)21/h5-12H,4H2,1-3H3,(H,23,25). The maximum Gasteiger partial charge on any atom is 0.259 e. The van der Waals surface area contributed by atoms with Gasteiger partial charge in [-0.1, -0.05) is 6.92 Å². The zero-order valence-electron chi connectivity index (χ0n) is 15.3. The van der Waals surface area contributed by atoms with Crippen molar-refractivity contribution in [2.45, 2.75) is 13.3 Å². The average Bonchev–Trinajstić information content (AvgIpc) is 3.14. The van der Waals surface area contributed by atoms with Crippen LogP contribution in [0.15, 0.2) is 48.7 Å². The number of nitrogens with one attached hydrogen (secondary N) is 1. The molecule has 0 bridgehead atoms. The molecule has 1 heterocycles. The van der Waals surface area contributed by atoms with Crippen LogP contribution in [0.1, 0.15) is 23.0 Å². The van der Waals surface area contributed by atoms with Crippen LogP contribution in [-0.2, 0) is 6.42 Å². The molecule has 0 atom stereocenters. The first-order chi connectivity index (χ1) is 13.1. The third kappa shape index (κ3) is 3.76. The molecule has 0 saturated heterocycles. The van der Waals surface area contributed by atoms with Crippen molar-refractivity contribution in [1.29, 1.82) is 0 Å². The van der Waals surface area contributed by atoms with Gasteiger partial charge in [-0.3, -0.25) is 4.79 Å². The fourth-order valence-corrected chi connectivity index (χ4v) is 2.77. The average molecular weight is 369 g/mol. The number of ether oxygens (including phenoxy) is 2. The first-order valence-corrected chi connectivity index (χ1v) is 8.43. The van der Waals surface area contributed by atoms with E-state index in [1.54, 1.807) is 11.8 Å². The molecule has 1 N–H and O–H groups in total. The van der Waals surface area contributed by atoms with Gasteiger partial charge in [-0.2, -0.15) is 5.10 Å². The molecule has 1 amide bonds. The van der Waals surface area contributed by atoms with E-state index < -0.39 is 11.7 Å². The molecular formula is C20H20FN3O3. The number of rotatable bonds is 6. The Hall–Kier alpha value is -3.35. The lowest BCUT2D eigenvalue weighted by Crippen LogP contribution is -2.15. The second kappa shape index (κ2) is 7.90. The van der Waals surface area contributed by atoms with Crippen molar-refractivity contribution in [3.8, 4) is 17.2 Å². The van der Waals surface area contributed by atoms with E-state index in [9.17, 15) is 9.18 Å². The zero-order chi connectivity index (χ0) is 19.4. The molecule has 0 spiro atoms. The maximum atomic E-state index is 14.0. The number of carbonyl (C=O) groups excluding carboxylic acids is 1. The third-order valence-electron chi connectivity index (χ3n) is 4.19. The molecule has 7 heteroatoms. The summed E-state index contributed by atoms with van der Waals surface area (Å²) >= 11 is 0. The van der Waals surface area contributed by atoms with Crippen molar-refractivity contribution in [2.75, 3.05) is 19.5 Å². The zero-order valence-corrected chi connectivity index (χ0v) is 15.3. The van der Waals surface area contributed by atoms with Crippen LogP contribution in [0.3, 0.4) is 0 Å². The molecule has 2 aromatic carbocycles. The second-order valence-electron chi connectivity index (χ2n) is 5.77. The molecule has 3 rings (SSSR count). The summed E-state index contributed by atoms with van der Waals surface area (Å²) in [6.07, 6.45) is 2.06. The Labute approximate surface area is 156 Å². The molecular weight excluding hydrogens is 349 g/mol. The minimum Gasteiger partial charge on any atom is -0.497 e. The summed E-state index contributed by atoms with van der Waals surface area (Å²) in [7, 11) is 3.08. The molecule has 3 aromatic rings. The Morgan fingerprint density at radius 2 is 1.78 bits per heavy atom. The number of hydrogen-bond donors (Lipinski definition) is 1. The number of carbonyl (C=O) groups is 1. The number of benzene rings is 2. The summed E-state index contributed by atoms with van der Waals surface area (Å²) in [6, 6.07) is 11.5. The van der Waals surface area contributed by atoms with Gasteiger partial charge >= 0.3 is 0 Å². The van der Waals surface area contributed by atoms with Crippen LogP contribution in [0.5, 0.6) is 11.5 Å². The Bertz CT molecular complexity index is 952. The molecule has 0 aliphatic heterocycles. The van der Waals surface area contributed by atoms with Gasteiger partial charge in [0.25, 0.3) is 5.91 Å². The Morgan fingerprint density at radius 1 is 1.11 bits per heavy atom. The Balaban J connectivity index is 1.90. The molecule has 140 valence electrons. The Kier molecular flexibility index (Phi) is 5.40. The quantitative estimate of drug-likeness (QED) is 0.717. The van der Waals surface area contributed by atoms with Crippen molar-refractivity contribution in [1.82, 2.24) is 9.78 Å². The first-order valence-electron chi connectivity index (χ1n) is 8.43. The van der Waals surface area contributed by atoms with Crippen LogP contribution in [0.2, 0.25) is 0 Å². The number of amides is 1. The van der Waals surface area contributed by atoms with Gasteiger partial charge < -0.3 is 14.8 Å². The van der Waals surface area contributed by atoms with E-state index >= 15 is 0 Å². The van der Waals surface area contributed by atoms with Gasteiger partial charge in [0, 0.05) is 6.07 Å². The fourth-order valence-electron chi connectivity index (χ4n) is 2.77. The number of hydrogen-bond acceptors (Lipinski definition) is 4. The summed E-state index contributed by atoms with van der Waals surface area (Å²) in [6.45, 7) is 1.93. The summed E-state index contributed by atoms with van der Waals surface area (Å²) < 4.78 is 25.9. The van der Waals surface area contributed by atoms with Gasteiger partial charge in [0.05, 0.1) is 43.0 Å². The van der Waals surface area contributed by atoms with Gasteiger partial charge in [-0.05, 0) is 42.8 Å². The lowest BCUT2D eigenvalue weighted by atomic mass is 10.1. The van der Waals surface area contributed by atoms with Gasteiger partial charge in [-0.25, -0.2) is 9.07 Å². The monoisotopic (exact) mass is 369 g/mol. The Morgan fingerprint density at radius 3 is 2.41 bits per heavy atom. The molecule has 6 nitrogen and oxygen atoms in total. The van der Waals surface area contributed by atoms with Gasteiger partial charge in [-0.15, -0.1) is 0 Å². The van der Waals surface area contributed by atoms with Gasteiger partial charge in [0.2, 0.25) is 0 Å². The van der Waals surface area contributed by atoms with Crippen molar-refractivity contribution in [3.05, 3.63) is 65.7 Å². The van der Waals surface area contributed by atoms with E-state index in [1.165, 1.54) is 31.5 Å². The molecule has 0 aliphatic carbocycles. The van der Waals surface area contributed by atoms with E-state index in [1.807, 2.05) is 31.2 Å². The largest absolute Gasteiger partial charge is 0.497 e.